The molecular formula is C17H25N3O2S. The monoisotopic (exact) mass is 335 g/mol. The first-order valence-electron chi connectivity index (χ1n) is 8.01. The van der Waals surface area contributed by atoms with Crippen molar-refractivity contribution in [2.75, 3.05) is 31.1 Å². The number of benzene rings is 1. The van der Waals surface area contributed by atoms with Crippen LogP contribution in [0.5, 0.6) is 0 Å². The van der Waals surface area contributed by atoms with E-state index >= 15 is 0 Å². The highest BCUT2D eigenvalue weighted by Gasteiger charge is 2.28. The topological polar surface area (TPSA) is 61.4 Å². The van der Waals surface area contributed by atoms with Gasteiger partial charge in [-0.2, -0.15) is 11.8 Å². The molecule has 0 saturated carbocycles. The van der Waals surface area contributed by atoms with Gasteiger partial charge in [0, 0.05) is 30.6 Å². The Hall–Kier alpha value is -1.53. The molecule has 1 aliphatic heterocycles. The molecule has 126 valence electrons. The highest BCUT2D eigenvalue weighted by atomic mass is 32.2. The number of hydrogen-bond donors (Lipinski definition) is 2. The lowest BCUT2D eigenvalue weighted by Gasteiger charge is -2.33. The number of rotatable bonds is 6. The van der Waals surface area contributed by atoms with Crippen LogP contribution in [0, 0.1) is 0 Å². The molecule has 0 unspecified atom stereocenters. The lowest BCUT2D eigenvalue weighted by atomic mass is 10.0. The molecule has 1 fully saturated rings. The molecule has 23 heavy (non-hydrogen) atoms. The number of carbonyl (C=O) groups excluding carboxylic acids is 2. The van der Waals surface area contributed by atoms with Gasteiger partial charge in [-0.1, -0.05) is 30.3 Å². The largest absolute Gasteiger partial charge is 0.352 e. The van der Waals surface area contributed by atoms with Crippen molar-refractivity contribution in [2.45, 2.75) is 25.9 Å². The minimum atomic E-state index is -0.330. The van der Waals surface area contributed by atoms with Gasteiger partial charge in [0.05, 0.1) is 6.54 Å². The maximum Gasteiger partial charge on any atom is 0.242 e. The van der Waals surface area contributed by atoms with Crippen LogP contribution in [0.3, 0.4) is 0 Å². The quantitative estimate of drug-likeness (QED) is 0.825. The van der Waals surface area contributed by atoms with Gasteiger partial charge in [0.2, 0.25) is 11.8 Å². The van der Waals surface area contributed by atoms with E-state index in [1.165, 1.54) is 0 Å². The summed E-state index contributed by atoms with van der Waals surface area (Å²) in [6.45, 7) is 5.59. The Morgan fingerprint density at radius 2 is 1.83 bits per heavy atom. The molecule has 0 aromatic heterocycles. The standard InChI is InChI=1S/C17H25N3O2S/c1-13(2)19-15(21)12-18-17(22)16(14-6-4-3-5-7-14)20-8-10-23-11-9-20/h3-7,13,16H,8-12H2,1-2H3,(H,18,22)(H,19,21)/t16-/m0/s1. The van der Waals surface area contributed by atoms with Crippen LogP contribution in [0.15, 0.2) is 30.3 Å². The average molecular weight is 335 g/mol. The van der Waals surface area contributed by atoms with Crippen molar-refractivity contribution < 1.29 is 9.59 Å². The van der Waals surface area contributed by atoms with Gasteiger partial charge < -0.3 is 10.6 Å². The molecule has 2 N–H and O–H groups in total. The Labute approximate surface area is 142 Å². The van der Waals surface area contributed by atoms with Crippen molar-refractivity contribution in [3.8, 4) is 0 Å². The molecule has 1 heterocycles. The van der Waals surface area contributed by atoms with Crippen molar-refractivity contribution in [3.05, 3.63) is 35.9 Å². The van der Waals surface area contributed by atoms with Crippen molar-refractivity contribution in [2.24, 2.45) is 0 Å². The number of thioether (sulfide) groups is 1. The van der Waals surface area contributed by atoms with E-state index in [2.05, 4.69) is 15.5 Å². The average Bonchev–Trinajstić information content (AvgIpc) is 2.55. The summed E-state index contributed by atoms with van der Waals surface area (Å²) < 4.78 is 0. The molecule has 2 amide bonds. The first kappa shape index (κ1) is 17.8. The van der Waals surface area contributed by atoms with E-state index in [0.29, 0.717) is 0 Å². The van der Waals surface area contributed by atoms with Gasteiger partial charge in [0.15, 0.2) is 0 Å². The van der Waals surface area contributed by atoms with E-state index in [0.717, 1.165) is 30.2 Å². The van der Waals surface area contributed by atoms with Crippen LogP contribution in [0.1, 0.15) is 25.5 Å². The molecule has 1 aromatic carbocycles. The summed E-state index contributed by atoms with van der Waals surface area (Å²) in [7, 11) is 0. The summed E-state index contributed by atoms with van der Waals surface area (Å²) in [6.07, 6.45) is 0. The van der Waals surface area contributed by atoms with E-state index in [4.69, 9.17) is 0 Å². The fraction of sp³-hybridized carbons (Fsp3) is 0.529. The zero-order chi connectivity index (χ0) is 16.7. The third-order valence-electron chi connectivity index (χ3n) is 3.65. The summed E-state index contributed by atoms with van der Waals surface area (Å²) >= 11 is 1.91. The van der Waals surface area contributed by atoms with Gasteiger partial charge in [0.1, 0.15) is 6.04 Å². The first-order valence-corrected chi connectivity index (χ1v) is 9.17. The Morgan fingerprint density at radius 1 is 1.17 bits per heavy atom. The number of nitrogens with one attached hydrogen (secondary N) is 2. The van der Waals surface area contributed by atoms with Gasteiger partial charge in [-0.3, -0.25) is 14.5 Å². The number of carbonyl (C=O) groups is 2. The van der Waals surface area contributed by atoms with Gasteiger partial charge in [-0.15, -0.1) is 0 Å². The van der Waals surface area contributed by atoms with Crippen LogP contribution in [0.4, 0.5) is 0 Å². The minimum Gasteiger partial charge on any atom is -0.352 e. The molecule has 0 aliphatic carbocycles. The predicted molar refractivity (Wildman–Crippen MR) is 94.4 cm³/mol. The summed E-state index contributed by atoms with van der Waals surface area (Å²) in [4.78, 5) is 26.6. The second kappa shape index (κ2) is 8.93. The second-order valence-electron chi connectivity index (χ2n) is 5.90. The molecule has 1 atom stereocenters. The molecular weight excluding hydrogens is 310 g/mol. The second-order valence-corrected chi connectivity index (χ2v) is 7.13. The van der Waals surface area contributed by atoms with Crippen molar-refractivity contribution in [3.63, 3.8) is 0 Å². The Morgan fingerprint density at radius 3 is 2.43 bits per heavy atom. The van der Waals surface area contributed by atoms with Crippen molar-refractivity contribution in [1.82, 2.24) is 15.5 Å². The summed E-state index contributed by atoms with van der Waals surface area (Å²) in [6, 6.07) is 9.52. The third-order valence-corrected chi connectivity index (χ3v) is 4.59. The third kappa shape index (κ3) is 5.55. The first-order chi connectivity index (χ1) is 11.1. The molecule has 1 saturated heterocycles. The number of amides is 2. The Balaban J connectivity index is 2.04. The number of nitrogens with zero attached hydrogens (tertiary/aromatic N) is 1. The summed E-state index contributed by atoms with van der Waals surface area (Å²) in [5, 5.41) is 5.57. The van der Waals surface area contributed by atoms with Gasteiger partial charge in [0.25, 0.3) is 0 Å². The molecule has 0 bridgehead atoms. The van der Waals surface area contributed by atoms with Crippen LogP contribution in [-0.2, 0) is 9.59 Å². The molecule has 0 spiro atoms. The SMILES string of the molecule is CC(C)NC(=O)CNC(=O)[C@H](c1ccccc1)N1CCSCC1. The van der Waals surface area contributed by atoms with Crippen LogP contribution >= 0.6 is 11.8 Å². The molecule has 0 radical (unpaired) electrons. The fourth-order valence-electron chi connectivity index (χ4n) is 2.64. The predicted octanol–water partition coefficient (Wildman–Crippen LogP) is 1.42. The lowest BCUT2D eigenvalue weighted by Crippen LogP contribution is -2.47. The summed E-state index contributed by atoms with van der Waals surface area (Å²) in [5.41, 5.74) is 0.973. The summed E-state index contributed by atoms with van der Waals surface area (Å²) in [5.74, 6) is 1.80. The number of hydrogen-bond acceptors (Lipinski definition) is 4. The van der Waals surface area contributed by atoms with Crippen LogP contribution in [0.2, 0.25) is 0 Å². The maximum absolute atomic E-state index is 12.7. The Bertz CT molecular complexity index is 516. The van der Waals surface area contributed by atoms with E-state index in [1.54, 1.807) is 0 Å². The normalized spacial score (nSPS) is 16.8. The zero-order valence-electron chi connectivity index (χ0n) is 13.7. The van der Waals surface area contributed by atoms with Crippen LogP contribution < -0.4 is 10.6 Å². The highest BCUT2D eigenvalue weighted by Crippen LogP contribution is 2.24. The fourth-order valence-corrected chi connectivity index (χ4v) is 3.57. The molecule has 2 rings (SSSR count). The van der Waals surface area contributed by atoms with Gasteiger partial charge in [-0.25, -0.2) is 0 Å². The zero-order valence-corrected chi connectivity index (χ0v) is 14.6. The molecule has 5 nitrogen and oxygen atoms in total. The van der Waals surface area contributed by atoms with Crippen LogP contribution in [0.25, 0.3) is 0 Å². The van der Waals surface area contributed by atoms with Crippen molar-refractivity contribution >= 4 is 23.6 Å². The van der Waals surface area contributed by atoms with E-state index < -0.39 is 0 Å². The Kier molecular flexibility index (Phi) is 6.92. The highest BCUT2D eigenvalue weighted by molar-refractivity contribution is 7.99. The van der Waals surface area contributed by atoms with E-state index in [1.807, 2.05) is 55.9 Å². The van der Waals surface area contributed by atoms with Crippen LogP contribution in [-0.4, -0.2) is 53.9 Å². The minimum absolute atomic E-state index is 0.0168. The van der Waals surface area contributed by atoms with Crippen molar-refractivity contribution in [1.29, 1.82) is 0 Å². The smallest absolute Gasteiger partial charge is 0.242 e. The lowest BCUT2D eigenvalue weighted by molar-refractivity contribution is -0.129. The van der Waals surface area contributed by atoms with Gasteiger partial charge >= 0.3 is 0 Å². The molecule has 1 aromatic rings. The van der Waals surface area contributed by atoms with E-state index in [-0.39, 0.29) is 30.4 Å². The molecule has 6 heteroatoms. The van der Waals surface area contributed by atoms with E-state index in [9.17, 15) is 9.59 Å². The van der Waals surface area contributed by atoms with Gasteiger partial charge in [-0.05, 0) is 19.4 Å². The molecule has 1 aliphatic rings. The maximum atomic E-state index is 12.7.